The van der Waals surface area contributed by atoms with Gasteiger partial charge in [0.15, 0.2) is 0 Å². The molecule has 0 unspecified atom stereocenters. The lowest BCUT2D eigenvalue weighted by atomic mass is 9.81. The van der Waals surface area contributed by atoms with E-state index in [2.05, 4.69) is 45.7 Å². The minimum atomic E-state index is 0.612. The third-order valence-electron chi connectivity index (χ3n) is 8.15. The first-order chi connectivity index (χ1) is 16.2. The molecule has 2 saturated heterocycles. The zero-order valence-electron chi connectivity index (χ0n) is 19.6. The minimum Gasteiger partial charge on any atom is -0.379 e. The van der Waals surface area contributed by atoms with Crippen molar-refractivity contribution in [2.24, 2.45) is 0 Å². The highest BCUT2D eigenvalue weighted by molar-refractivity contribution is 7.10. The average Bonchev–Trinajstić information content (AvgIpc) is 3.52. The second kappa shape index (κ2) is 9.45. The van der Waals surface area contributed by atoms with Gasteiger partial charge in [-0.2, -0.15) is 0 Å². The summed E-state index contributed by atoms with van der Waals surface area (Å²) in [6, 6.07) is 3.13. The van der Waals surface area contributed by atoms with Crippen LogP contribution in [0.1, 0.15) is 60.9 Å². The first-order valence-corrected chi connectivity index (χ1v) is 13.6. The van der Waals surface area contributed by atoms with Gasteiger partial charge in [0.25, 0.3) is 0 Å². The first-order valence-electron chi connectivity index (χ1n) is 12.7. The van der Waals surface area contributed by atoms with E-state index in [9.17, 15) is 0 Å². The largest absolute Gasteiger partial charge is 0.379 e. The number of morpholine rings is 1. The number of rotatable bonds is 4. The van der Waals surface area contributed by atoms with E-state index in [-0.39, 0.29) is 0 Å². The summed E-state index contributed by atoms with van der Waals surface area (Å²) in [6.45, 7) is 6.34. The van der Waals surface area contributed by atoms with Gasteiger partial charge in [-0.15, -0.1) is 11.3 Å². The normalized spacial score (nSPS) is 26.2. The molecule has 0 bridgehead atoms. The van der Waals surface area contributed by atoms with Crippen LogP contribution in [-0.2, 0) is 4.74 Å². The Morgan fingerprint density at radius 2 is 1.79 bits per heavy atom. The van der Waals surface area contributed by atoms with Crippen molar-refractivity contribution in [1.29, 1.82) is 0 Å². The molecule has 176 valence electrons. The maximum atomic E-state index is 5.54. The Labute approximate surface area is 200 Å². The van der Waals surface area contributed by atoms with Gasteiger partial charge in [0.2, 0.25) is 0 Å². The molecule has 1 aliphatic carbocycles. The first kappa shape index (κ1) is 21.7. The van der Waals surface area contributed by atoms with Crippen molar-refractivity contribution in [2.45, 2.75) is 56.4 Å². The summed E-state index contributed by atoms with van der Waals surface area (Å²) >= 11 is 1.83. The molecule has 0 spiro atoms. The zero-order valence-corrected chi connectivity index (χ0v) is 20.4. The molecule has 6 nitrogen and oxygen atoms in total. The van der Waals surface area contributed by atoms with E-state index in [0.717, 1.165) is 43.7 Å². The maximum Gasteiger partial charge on any atom is 0.137 e. The van der Waals surface area contributed by atoms with Crippen LogP contribution in [0.25, 0.3) is 22.3 Å². The summed E-state index contributed by atoms with van der Waals surface area (Å²) < 4.78 is 5.54. The van der Waals surface area contributed by atoms with Crippen molar-refractivity contribution in [1.82, 2.24) is 24.8 Å². The molecule has 0 radical (unpaired) electrons. The van der Waals surface area contributed by atoms with Crippen molar-refractivity contribution in [3.63, 3.8) is 0 Å². The highest BCUT2D eigenvalue weighted by Crippen LogP contribution is 2.38. The number of nitrogens with one attached hydrogen (secondary N) is 1. The molecule has 5 heterocycles. The second-order valence-electron chi connectivity index (χ2n) is 10.2. The minimum absolute atomic E-state index is 0.612. The monoisotopic (exact) mass is 465 g/mol. The molecule has 2 aliphatic heterocycles. The molecule has 3 fully saturated rings. The van der Waals surface area contributed by atoms with Crippen LogP contribution in [0.3, 0.4) is 0 Å². The third-order valence-corrected chi connectivity index (χ3v) is 9.16. The number of nitrogens with zero attached hydrogens (tertiary/aromatic N) is 4. The SMILES string of the molecule is CN1CCC(c2nc(-c3c[nH]c4ncc(C5CCC(N6CCOCC6)CC5)cc34)cs2)CC1. The molecular formula is C26H35N5OS. The van der Waals surface area contributed by atoms with Crippen molar-refractivity contribution in [3.05, 3.63) is 34.4 Å². The van der Waals surface area contributed by atoms with Gasteiger partial charge in [-0.25, -0.2) is 9.97 Å². The Morgan fingerprint density at radius 3 is 2.58 bits per heavy atom. The van der Waals surface area contributed by atoms with E-state index in [1.807, 2.05) is 11.3 Å². The molecule has 6 rings (SSSR count). The second-order valence-corrected chi connectivity index (χ2v) is 11.1. The van der Waals surface area contributed by atoms with E-state index >= 15 is 0 Å². The highest BCUT2D eigenvalue weighted by Gasteiger charge is 2.28. The zero-order chi connectivity index (χ0) is 22.2. The van der Waals surface area contributed by atoms with Crippen LogP contribution in [-0.4, -0.2) is 77.2 Å². The van der Waals surface area contributed by atoms with Crippen LogP contribution >= 0.6 is 11.3 Å². The quantitative estimate of drug-likeness (QED) is 0.597. The van der Waals surface area contributed by atoms with Crippen LogP contribution in [0.5, 0.6) is 0 Å². The van der Waals surface area contributed by atoms with Crippen LogP contribution < -0.4 is 0 Å². The van der Waals surface area contributed by atoms with E-state index in [4.69, 9.17) is 14.7 Å². The highest BCUT2D eigenvalue weighted by atomic mass is 32.1. The Kier molecular flexibility index (Phi) is 6.22. The standard InChI is InChI=1S/C26H35N5OS/c1-30-8-6-19(7-9-30)26-29-24(17-33-26)23-16-28-25-22(23)14-20(15-27-25)18-2-4-21(5-3-18)31-10-12-32-13-11-31/h14-19,21H,2-13H2,1H3,(H,27,28). The third kappa shape index (κ3) is 4.48. The number of pyridine rings is 1. The van der Waals surface area contributed by atoms with Crippen LogP contribution in [0.4, 0.5) is 0 Å². The fourth-order valence-corrected chi connectivity index (χ4v) is 7.02. The van der Waals surface area contributed by atoms with Crippen LogP contribution in [0.15, 0.2) is 23.8 Å². The molecule has 1 N–H and O–H groups in total. The van der Waals surface area contributed by atoms with E-state index in [0.29, 0.717) is 11.8 Å². The Bertz CT molecular complexity index is 1070. The number of hydrogen-bond donors (Lipinski definition) is 1. The summed E-state index contributed by atoms with van der Waals surface area (Å²) in [6.07, 6.45) is 11.7. The summed E-state index contributed by atoms with van der Waals surface area (Å²) in [5.41, 5.74) is 4.69. The number of thiazole rings is 1. The van der Waals surface area contributed by atoms with Gasteiger partial charge in [0.05, 0.1) is 23.9 Å². The van der Waals surface area contributed by atoms with E-state index < -0.39 is 0 Å². The van der Waals surface area contributed by atoms with E-state index in [1.165, 1.54) is 73.1 Å². The van der Waals surface area contributed by atoms with Gasteiger partial charge >= 0.3 is 0 Å². The van der Waals surface area contributed by atoms with E-state index in [1.54, 1.807) is 0 Å². The van der Waals surface area contributed by atoms with Gasteiger partial charge in [-0.3, -0.25) is 4.90 Å². The molecule has 33 heavy (non-hydrogen) atoms. The Hall–Kier alpha value is -1.80. The number of hydrogen-bond acceptors (Lipinski definition) is 6. The lowest BCUT2D eigenvalue weighted by Crippen LogP contribution is -2.44. The number of H-pyrrole nitrogens is 1. The fourth-order valence-electron chi connectivity index (χ4n) is 6.03. The molecule has 0 aromatic carbocycles. The predicted octanol–water partition coefficient (Wildman–Crippen LogP) is 4.85. The average molecular weight is 466 g/mol. The number of aromatic nitrogens is 3. The predicted molar refractivity (Wildman–Crippen MR) is 134 cm³/mol. The molecule has 3 aromatic heterocycles. The summed E-state index contributed by atoms with van der Waals surface area (Å²) in [5.74, 6) is 1.23. The van der Waals surface area contributed by atoms with Crippen LogP contribution in [0.2, 0.25) is 0 Å². The fraction of sp³-hybridized carbons (Fsp3) is 0.615. The van der Waals surface area contributed by atoms with Crippen molar-refractivity contribution < 1.29 is 4.74 Å². The van der Waals surface area contributed by atoms with Crippen molar-refractivity contribution >= 4 is 22.4 Å². The summed E-state index contributed by atoms with van der Waals surface area (Å²) in [5, 5.41) is 4.78. The van der Waals surface area contributed by atoms with Crippen molar-refractivity contribution in [3.8, 4) is 11.3 Å². The van der Waals surface area contributed by atoms with Crippen LogP contribution in [0, 0.1) is 0 Å². The lowest BCUT2D eigenvalue weighted by Gasteiger charge is -2.38. The molecule has 1 saturated carbocycles. The van der Waals surface area contributed by atoms with Gasteiger partial charge in [0.1, 0.15) is 5.65 Å². The Balaban J connectivity index is 1.18. The number of likely N-dealkylation sites (tertiary alicyclic amines) is 1. The molecule has 7 heteroatoms. The maximum absolute atomic E-state index is 5.54. The topological polar surface area (TPSA) is 57.3 Å². The molecule has 3 aromatic rings. The molecule has 0 atom stereocenters. The molecule has 3 aliphatic rings. The number of fused-ring (bicyclic) bond motifs is 1. The molecular weight excluding hydrogens is 430 g/mol. The molecule has 0 amide bonds. The summed E-state index contributed by atoms with van der Waals surface area (Å²) in [4.78, 5) is 18.4. The smallest absolute Gasteiger partial charge is 0.137 e. The van der Waals surface area contributed by atoms with Crippen molar-refractivity contribution in [2.75, 3.05) is 46.4 Å². The van der Waals surface area contributed by atoms with Gasteiger partial charge < -0.3 is 14.6 Å². The number of aromatic amines is 1. The van der Waals surface area contributed by atoms with Gasteiger partial charge in [-0.05, 0) is 76.2 Å². The number of piperidine rings is 1. The number of ether oxygens (including phenoxy) is 1. The van der Waals surface area contributed by atoms with Gasteiger partial charge in [0, 0.05) is 53.8 Å². The summed E-state index contributed by atoms with van der Waals surface area (Å²) in [7, 11) is 2.22. The lowest BCUT2D eigenvalue weighted by molar-refractivity contribution is 0.00729. The van der Waals surface area contributed by atoms with Gasteiger partial charge in [-0.1, -0.05) is 0 Å². The Morgan fingerprint density at radius 1 is 1.00 bits per heavy atom.